The first kappa shape index (κ1) is 15.4. The smallest absolute Gasteiger partial charge is 0.429 e. The third-order valence-electron chi connectivity index (χ3n) is 2.88. The molecule has 23 heavy (non-hydrogen) atoms. The summed E-state index contributed by atoms with van der Waals surface area (Å²) in [5, 5.41) is -0.274. The van der Waals surface area contributed by atoms with Gasteiger partial charge in [0.05, 0.1) is 0 Å². The molecule has 0 amide bonds. The summed E-state index contributed by atoms with van der Waals surface area (Å²) in [5.74, 6) is -0.441. The molecule has 0 fully saturated rings. The van der Waals surface area contributed by atoms with Crippen molar-refractivity contribution < 1.29 is 17.9 Å². The molecule has 1 unspecified atom stereocenters. The van der Waals surface area contributed by atoms with Crippen LogP contribution in [0.3, 0.4) is 0 Å². The molecule has 3 heterocycles. The van der Waals surface area contributed by atoms with Crippen LogP contribution in [0.2, 0.25) is 5.15 Å². The highest BCUT2D eigenvalue weighted by atomic mass is 35.5. The molecule has 3 aromatic heterocycles. The number of ether oxygens (including phenoxy) is 1. The van der Waals surface area contributed by atoms with Crippen molar-refractivity contribution in [2.45, 2.75) is 12.3 Å². The Balaban J connectivity index is 2.02. The first-order valence-electron chi connectivity index (χ1n) is 6.37. The summed E-state index contributed by atoms with van der Waals surface area (Å²) in [6.07, 6.45) is -3.06. The van der Waals surface area contributed by atoms with Gasteiger partial charge < -0.3 is 4.74 Å². The van der Waals surface area contributed by atoms with E-state index in [2.05, 4.69) is 19.9 Å². The van der Waals surface area contributed by atoms with Crippen molar-refractivity contribution in [3.63, 3.8) is 0 Å². The molecule has 3 rings (SSSR count). The fourth-order valence-electron chi connectivity index (χ4n) is 1.90. The van der Waals surface area contributed by atoms with Crippen LogP contribution < -0.4 is 4.74 Å². The standard InChI is InChI=1S/C14H8ClF3N4O/c15-11-13(22-12-9(21-11)4-2-6-20-12)23-10(14(16,17)18)8-3-1-5-19-7-8/h1-7,10H. The van der Waals surface area contributed by atoms with Crippen molar-refractivity contribution in [2.75, 3.05) is 0 Å². The minimum absolute atomic E-state index is 0.138. The summed E-state index contributed by atoms with van der Waals surface area (Å²) in [6, 6.07) is 5.84. The van der Waals surface area contributed by atoms with Crippen LogP contribution in [0.5, 0.6) is 5.88 Å². The van der Waals surface area contributed by atoms with Crippen LogP contribution in [0.25, 0.3) is 11.2 Å². The Bertz CT molecular complexity index is 829. The molecule has 118 valence electrons. The van der Waals surface area contributed by atoms with E-state index in [0.29, 0.717) is 5.52 Å². The lowest BCUT2D eigenvalue weighted by atomic mass is 10.1. The Hall–Kier alpha value is -2.48. The van der Waals surface area contributed by atoms with Crippen molar-refractivity contribution >= 4 is 22.8 Å². The van der Waals surface area contributed by atoms with E-state index in [1.54, 1.807) is 12.1 Å². The van der Waals surface area contributed by atoms with E-state index in [1.165, 1.54) is 24.5 Å². The average Bonchev–Trinajstić information content (AvgIpc) is 2.52. The summed E-state index contributed by atoms with van der Waals surface area (Å²) in [7, 11) is 0. The summed E-state index contributed by atoms with van der Waals surface area (Å²) in [5.41, 5.74) is 0.327. The second-order valence-corrected chi connectivity index (χ2v) is 4.85. The third-order valence-corrected chi connectivity index (χ3v) is 3.13. The summed E-state index contributed by atoms with van der Waals surface area (Å²) in [6.45, 7) is 0. The van der Waals surface area contributed by atoms with Crippen molar-refractivity contribution in [2.24, 2.45) is 0 Å². The number of aromatic nitrogens is 4. The minimum atomic E-state index is -4.67. The zero-order chi connectivity index (χ0) is 16.4. The van der Waals surface area contributed by atoms with Crippen LogP contribution in [0.1, 0.15) is 11.7 Å². The largest absolute Gasteiger partial charge is 0.457 e. The van der Waals surface area contributed by atoms with E-state index >= 15 is 0 Å². The van der Waals surface area contributed by atoms with E-state index in [4.69, 9.17) is 16.3 Å². The summed E-state index contributed by atoms with van der Waals surface area (Å²) in [4.78, 5) is 15.4. The van der Waals surface area contributed by atoms with Gasteiger partial charge in [0.2, 0.25) is 6.10 Å². The number of fused-ring (bicyclic) bond motifs is 1. The average molecular weight is 341 g/mol. The van der Waals surface area contributed by atoms with Gasteiger partial charge in [-0.2, -0.15) is 18.2 Å². The highest BCUT2D eigenvalue weighted by Gasteiger charge is 2.44. The zero-order valence-corrected chi connectivity index (χ0v) is 12.1. The highest BCUT2D eigenvalue weighted by molar-refractivity contribution is 6.30. The quantitative estimate of drug-likeness (QED) is 0.726. The predicted molar refractivity (Wildman–Crippen MR) is 76.0 cm³/mol. The fraction of sp³-hybridized carbons (Fsp3) is 0.143. The van der Waals surface area contributed by atoms with Gasteiger partial charge in [-0.25, -0.2) is 9.97 Å². The molecule has 0 saturated heterocycles. The van der Waals surface area contributed by atoms with Gasteiger partial charge in [-0.15, -0.1) is 0 Å². The van der Waals surface area contributed by atoms with E-state index < -0.39 is 18.2 Å². The minimum Gasteiger partial charge on any atom is -0.457 e. The maximum atomic E-state index is 13.3. The predicted octanol–water partition coefficient (Wildman–Crippen LogP) is 3.76. The van der Waals surface area contributed by atoms with Crippen LogP contribution in [0, 0.1) is 0 Å². The first-order chi connectivity index (χ1) is 10.9. The van der Waals surface area contributed by atoms with Crippen molar-refractivity contribution in [1.29, 1.82) is 0 Å². The molecule has 1 atom stereocenters. The second kappa shape index (κ2) is 5.96. The lowest BCUT2D eigenvalue weighted by Crippen LogP contribution is -2.26. The van der Waals surface area contributed by atoms with Gasteiger partial charge >= 0.3 is 6.18 Å². The Labute approximate surface area is 133 Å². The lowest BCUT2D eigenvalue weighted by molar-refractivity contribution is -0.198. The molecule has 0 N–H and O–H groups in total. The molecule has 0 aliphatic rings. The number of nitrogens with zero attached hydrogens (tertiary/aromatic N) is 4. The second-order valence-electron chi connectivity index (χ2n) is 4.49. The molecule has 5 nitrogen and oxygen atoms in total. The van der Waals surface area contributed by atoms with Crippen LogP contribution in [-0.4, -0.2) is 26.1 Å². The van der Waals surface area contributed by atoms with Gasteiger partial charge in [0.15, 0.2) is 10.8 Å². The number of alkyl halides is 3. The van der Waals surface area contributed by atoms with Crippen molar-refractivity contribution in [1.82, 2.24) is 19.9 Å². The Morgan fingerprint density at radius 1 is 1.09 bits per heavy atom. The maximum absolute atomic E-state index is 13.3. The molecule has 0 radical (unpaired) electrons. The Kier molecular flexibility index (Phi) is 3.99. The SMILES string of the molecule is FC(F)(F)C(Oc1nc2ncccc2nc1Cl)c1cccnc1. The highest BCUT2D eigenvalue weighted by Crippen LogP contribution is 2.37. The van der Waals surface area contributed by atoms with E-state index in [0.717, 1.165) is 6.20 Å². The van der Waals surface area contributed by atoms with Crippen LogP contribution in [0.4, 0.5) is 13.2 Å². The van der Waals surface area contributed by atoms with Gasteiger partial charge in [-0.3, -0.25) is 4.98 Å². The van der Waals surface area contributed by atoms with Gasteiger partial charge in [0.25, 0.3) is 5.88 Å². The molecule has 0 aliphatic carbocycles. The fourth-order valence-corrected chi connectivity index (χ4v) is 2.08. The van der Waals surface area contributed by atoms with Gasteiger partial charge in [-0.05, 0) is 18.2 Å². The van der Waals surface area contributed by atoms with E-state index in [1.807, 2.05) is 0 Å². The van der Waals surface area contributed by atoms with Crippen LogP contribution in [0.15, 0.2) is 42.9 Å². The molecule has 0 aliphatic heterocycles. The molecule has 0 saturated carbocycles. The normalized spacial score (nSPS) is 13.0. The Morgan fingerprint density at radius 2 is 1.87 bits per heavy atom. The maximum Gasteiger partial charge on any atom is 0.429 e. The molecular formula is C14H8ClF3N4O. The number of halogens is 4. The monoisotopic (exact) mass is 340 g/mol. The van der Waals surface area contributed by atoms with Gasteiger partial charge in [0.1, 0.15) is 5.52 Å². The van der Waals surface area contributed by atoms with Gasteiger partial charge in [0, 0.05) is 24.2 Å². The van der Waals surface area contributed by atoms with E-state index in [9.17, 15) is 13.2 Å². The lowest BCUT2D eigenvalue weighted by Gasteiger charge is -2.21. The number of hydrogen-bond acceptors (Lipinski definition) is 5. The van der Waals surface area contributed by atoms with Crippen molar-refractivity contribution in [3.05, 3.63) is 53.6 Å². The van der Waals surface area contributed by atoms with Crippen LogP contribution >= 0.6 is 11.6 Å². The Morgan fingerprint density at radius 3 is 2.57 bits per heavy atom. The van der Waals surface area contributed by atoms with Crippen LogP contribution in [-0.2, 0) is 0 Å². The summed E-state index contributed by atoms with van der Waals surface area (Å²) >= 11 is 5.88. The zero-order valence-electron chi connectivity index (χ0n) is 11.3. The number of rotatable bonds is 3. The van der Waals surface area contributed by atoms with Crippen molar-refractivity contribution in [3.8, 4) is 5.88 Å². The van der Waals surface area contributed by atoms with Gasteiger partial charge in [-0.1, -0.05) is 17.7 Å². The molecule has 0 spiro atoms. The first-order valence-corrected chi connectivity index (χ1v) is 6.74. The molecular weight excluding hydrogens is 333 g/mol. The molecule has 3 aromatic rings. The topological polar surface area (TPSA) is 60.8 Å². The third kappa shape index (κ3) is 3.31. The van der Waals surface area contributed by atoms with E-state index in [-0.39, 0.29) is 16.4 Å². The summed E-state index contributed by atoms with van der Waals surface area (Å²) < 4.78 is 44.8. The molecule has 9 heteroatoms. The number of pyridine rings is 2. The molecule has 0 bridgehead atoms. The molecule has 0 aromatic carbocycles. The number of hydrogen-bond donors (Lipinski definition) is 0.